The van der Waals surface area contributed by atoms with Crippen molar-refractivity contribution in [1.29, 1.82) is 10.5 Å². The maximum absolute atomic E-state index is 12.8. The summed E-state index contributed by atoms with van der Waals surface area (Å²) < 4.78 is 38.9. The third kappa shape index (κ3) is 7.93. The van der Waals surface area contributed by atoms with Crippen LogP contribution >= 0.6 is 19.5 Å². The van der Waals surface area contributed by atoms with Gasteiger partial charge in [-0.15, -0.1) is 0 Å². The molecule has 1 amide bonds. The summed E-state index contributed by atoms with van der Waals surface area (Å²) in [5.41, 5.74) is 0.908. The number of rotatable bonds is 9. The molecule has 0 fully saturated rings. The molecule has 0 unspecified atom stereocenters. The van der Waals surface area contributed by atoms with Crippen LogP contribution < -0.4 is 14.2 Å². The summed E-state index contributed by atoms with van der Waals surface area (Å²) in [7, 11) is -5.46. The van der Waals surface area contributed by atoms with Crippen LogP contribution in [0.2, 0.25) is 0 Å². The molecule has 5 N–H and O–H groups in total. The summed E-state index contributed by atoms with van der Waals surface area (Å²) in [4.78, 5) is 37.3. The largest absolute Gasteiger partial charge is 0.429 e. The summed E-state index contributed by atoms with van der Waals surface area (Å²) in [5, 5.41) is 19.8. The van der Waals surface area contributed by atoms with Gasteiger partial charge >= 0.3 is 17.9 Å². The van der Waals surface area contributed by atoms with Gasteiger partial charge in [-0.1, -0.05) is 30.8 Å². The molecule has 0 aliphatic carbocycles. The van der Waals surface area contributed by atoms with E-state index in [-0.39, 0.29) is 38.8 Å². The molecule has 16 heteroatoms. The fourth-order valence-corrected chi connectivity index (χ4v) is 5.12. The second-order valence-electron chi connectivity index (χ2n) is 7.32. The average molecular weight is 558 g/mol. The second-order valence-corrected chi connectivity index (χ2v) is 11.3. The molecule has 0 aliphatic rings. The Morgan fingerprint density at radius 1 is 1.22 bits per heavy atom. The van der Waals surface area contributed by atoms with Gasteiger partial charge in [-0.05, 0) is 29.7 Å². The van der Waals surface area contributed by atoms with Crippen molar-refractivity contribution in [3.63, 3.8) is 0 Å². The smallest absolute Gasteiger partial charge is 0.412 e. The molecular formula is C20H24N5O8PS2. The number of aromatic nitrogens is 1. The van der Waals surface area contributed by atoms with E-state index < -0.39 is 29.0 Å². The lowest BCUT2D eigenvalue weighted by Gasteiger charge is -2.21. The first-order valence-corrected chi connectivity index (χ1v) is 14.1. The summed E-state index contributed by atoms with van der Waals surface area (Å²) in [5.74, 6) is -0.843. The van der Waals surface area contributed by atoms with Gasteiger partial charge in [0.15, 0.2) is 0 Å². The summed E-state index contributed by atoms with van der Waals surface area (Å²) in [6, 6.07) is 9.30. The van der Waals surface area contributed by atoms with Crippen molar-refractivity contribution in [1.82, 2.24) is 10.1 Å². The zero-order valence-electron chi connectivity index (χ0n) is 19.6. The highest BCUT2D eigenvalue weighted by atomic mass is 32.2. The molecule has 0 bridgehead atoms. The van der Waals surface area contributed by atoms with E-state index in [1.807, 2.05) is 6.07 Å². The van der Waals surface area contributed by atoms with E-state index in [0.717, 1.165) is 18.0 Å². The van der Waals surface area contributed by atoms with Crippen LogP contribution in [0.1, 0.15) is 34.4 Å². The molecule has 13 nitrogen and oxygen atoms in total. The summed E-state index contributed by atoms with van der Waals surface area (Å²) in [6.45, 7) is 1.75. The molecular weight excluding hydrogens is 533 g/mol. The van der Waals surface area contributed by atoms with E-state index >= 15 is 0 Å². The van der Waals surface area contributed by atoms with Crippen LogP contribution in [0, 0.1) is 22.7 Å². The summed E-state index contributed by atoms with van der Waals surface area (Å²) in [6.07, 6.45) is 1.18. The van der Waals surface area contributed by atoms with E-state index in [0.29, 0.717) is 12.0 Å². The Hall–Kier alpha value is -3.17. The van der Waals surface area contributed by atoms with E-state index in [2.05, 4.69) is 11.1 Å². The molecule has 0 saturated heterocycles. The van der Waals surface area contributed by atoms with Gasteiger partial charge < -0.3 is 24.3 Å². The van der Waals surface area contributed by atoms with Crippen molar-refractivity contribution in [2.24, 2.45) is 0 Å². The van der Waals surface area contributed by atoms with Crippen molar-refractivity contribution in [2.75, 3.05) is 25.3 Å². The molecule has 2 aromatic rings. The van der Waals surface area contributed by atoms with Crippen LogP contribution in [0.4, 0.5) is 5.82 Å². The molecule has 194 valence electrons. The molecule has 36 heavy (non-hydrogen) atoms. The fraction of sp³-hybridized carbons (Fsp3) is 0.300. The number of nitrogens with zero attached hydrogens (tertiary/aromatic N) is 4. The lowest BCUT2D eigenvalue weighted by atomic mass is 10.0. The van der Waals surface area contributed by atoms with Gasteiger partial charge in [0.25, 0.3) is 0 Å². The quantitative estimate of drug-likeness (QED) is 0.223. The first-order chi connectivity index (χ1) is 16.2. The van der Waals surface area contributed by atoms with Crippen molar-refractivity contribution in [3.8, 4) is 17.9 Å². The third-order valence-electron chi connectivity index (χ3n) is 4.40. The predicted molar refractivity (Wildman–Crippen MR) is 132 cm³/mol. The van der Waals surface area contributed by atoms with E-state index in [1.165, 1.54) is 24.3 Å². The minimum atomic E-state index is -4.96. The van der Waals surface area contributed by atoms with Crippen molar-refractivity contribution >= 4 is 41.4 Å². The third-order valence-corrected chi connectivity index (χ3v) is 6.65. The van der Waals surface area contributed by atoms with Crippen LogP contribution in [-0.2, 0) is 25.9 Å². The minimum absolute atomic E-state index is 0. The van der Waals surface area contributed by atoms with Gasteiger partial charge in [0.1, 0.15) is 34.0 Å². The second kappa shape index (κ2) is 12.2. The number of pyridine rings is 1. The number of benzene rings is 1. The molecule has 0 saturated carbocycles. The Kier molecular flexibility index (Phi) is 10.4. The van der Waals surface area contributed by atoms with Gasteiger partial charge in [0, 0.05) is 14.1 Å². The van der Waals surface area contributed by atoms with Crippen LogP contribution in [0.15, 0.2) is 29.3 Å². The van der Waals surface area contributed by atoms with Gasteiger partial charge in [0.2, 0.25) is 5.91 Å². The van der Waals surface area contributed by atoms with E-state index in [9.17, 15) is 38.1 Å². The number of carbonyl (C=O) groups excluding carboxylic acids is 1. The minimum Gasteiger partial charge on any atom is -0.412 e. The number of thioether (sulfide) groups is 1. The highest BCUT2D eigenvalue weighted by Crippen LogP contribution is 2.41. The van der Waals surface area contributed by atoms with E-state index in [1.54, 1.807) is 31.0 Å². The molecule has 1 atom stereocenters. The first kappa shape index (κ1) is 30.9. The zero-order chi connectivity index (χ0) is 26.6. The molecule has 1 aromatic heterocycles. The normalized spacial score (nSPS) is 11.9. The predicted octanol–water partition coefficient (Wildman–Crippen LogP) is 1.01. The molecule has 0 aliphatic heterocycles. The zero-order valence-corrected chi connectivity index (χ0v) is 22.1. The van der Waals surface area contributed by atoms with Crippen molar-refractivity contribution in [3.05, 3.63) is 46.5 Å². The standard InChI is InChI=1S/C20H22N5O7PS2.H2O/c1-5-14-15(10-21)18(25(2)3)23-20(16(14)11-22)34-17(19(26)24-33(27,28)29)12-6-8-13(9-7-12)32-35(4,30)31;/h6-9,17H,5H2,1-4H3,(H3,24,26,27,28,29);1H2/t17-;/m1./s1. The number of hydrogen-bond acceptors (Lipinski definition) is 10. The first-order valence-electron chi connectivity index (χ1n) is 9.78. The number of anilines is 1. The summed E-state index contributed by atoms with van der Waals surface area (Å²) >= 11 is 0.757. The Balaban J connectivity index is 0.00000648. The van der Waals surface area contributed by atoms with Crippen LogP contribution in [0.5, 0.6) is 5.75 Å². The molecule has 0 radical (unpaired) electrons. The SMILES string of the molecule is CCc1c(C#N)c(S[C@@H](C(=O)NP(=O)(O)O)c2ccc(OS(C)(=O)=O)cc2)nc(N(C)C)c1C#N.O. The lowest BCUT2D eigenvalue weighted by Crippen LogP contribution is -2.25. The number of nitrogens with one attached hydrogen (secondary N) is 1. The molecule has 2 rings (SSSR count). The number of amides is 1. The maximum Gasteiger partial charge on any atom is 0.429 e. The number of hydrogen-bond donors (Lipinski definition) is 3. The molecule has 0 spiro atoms. The Morgan fingerprint density at radius 2 is 1.78 bits per heavy atom. The van der Waals surface area contributed by atoms with Gasteiger partial charge in [-0.3, -0.25) is 9.88 Å². The van der Waals surface area contributed by atoms with E-state index in [4.69, 9.17) is 4.18 Å². The average Bonchev–Trinajstić information content (AvgIpc) is 2.74. The number of carbonyl (C=O) groups is 1. The van der Waals surface area contributed by atoms with Crippen molar-refractivity contribution in [2.45, 2.75) is 23.6 Å². The Labute approximate surface area is 212 Å². The Bertz CT molecular complexity index is 1360. The van der Waals surface area contributed by atoms with Gasteiger partial charge in [0.05, 0.1) is 17.4 Å². The maximum atomic E-state index is 12.8. The van der Waals surface area contributed by atoms with Crippen molar-refractivity contribution < 1.29 is 37.2 Å². The highest BCUT2D eigenvalue weighted by molar-refractivity contribution is 8.00. The fourth-order valence-electron chi connectivity index (χ4n) is 3.05. The van der Waals surface area contributed by atoms with Crippen LogP contribution in [-0.4, -0.2) is 54.9 Å². The topological polar surface area (TPSA) is 225 Å². The van der Waals surface area contributed by atoms with Gasteiger partial charge in [-0.25, -0.2) is 9.55 Å². The highest BCUT2D eigenvalue weighted by Gasteiger charge is 2.30. The number of nitriles is 2. The molecule has 1 aromatic carbocycles. The lowest BCUT2D eigenvalue weighted by molar-refractivity contribution is -0.119. The molecule has 1 heterocycles. The monoisotopic (exact) mass is 557 g/mol. The Morgan fingerprint density at radius 3 is 2.19 bits per heavy atom. The van der Waals surface area contributed by atoms with Gasteiger partial charge in [-0.2, -0.15) is 18.9 Å². The van der Waals surface area contributed by atoms with Crippen LogP contribution in [0.3, 0.4) is 0 Å². The van der Waals surface area contributed by atoms with Crippen LogP contribution in [0.25, 0.3) is 0 Å².